The Balaban J connectivity index is 1.34. The quantitative estimate of drug-likeness (QED) is 0.843. The van der Waals surface area contributed by atoms with Crippen LogP contribution in [0.4, 0.5) is 0 Å². The van der Waals surface area contributed by atoms with Crippen molar-refractivity contribution in [1.82, 2.24) is 15.1 Å². The Morgan fingerprint density at radius 3 is 2.50 bits per heavy atom. The SMILES string of the molecule is CN1CCCC(CNC2CCN(C(=O)C3CC3)CC2)C1. The van der Waals surface area contributed by atoms with Crippen LogP contribution in [0.15, 0.2) is 0 Å². The van der Waals surface area contributed by atoms with Gasteiger partial charge in [0.25, 0.3) is 0 Å². The van der Waals surface area contributed by atoms with E-state index in [0.29, 0.717) is 17.9 Å². The number of rotatable bonds is 4. The second-order valence-corrected chi connectivity index (χ2v) is 7.05. The van der Waals surface area contributed by atoms with E-state index in [0.717, 1.165) is 51.2 Å². The van der Waals surface area contributed by atoms with Crippen LogP contribution in [0.3, 0.4) is 0 Å². The molecule has 1 saturated carbocycles. The molecule has 2 heterocycles. The zero-order chi connectivity index (χ0) is 13.9. The highest BCUT2D eigenvalue weighted by Gasteiger charge is 2.34. The summed E-state index contributed by atoms with van der Waals surface area (Å²) in [5.41, 5.74) is 0. The Bertz CT molecular complexity index is 335. The van der Waals surface area contributed by atoms with E-state index in [1.54, 1.807) is 0 Å². The van der Waals surface area contributed by atoms with Crippen LogP contribution in [0.1, 0.15) is 38.5 Å². The van der Waals surface area contributed by atoms with Crippen molar-refractivity contribution < 1.29 is 4.79 Å². The van der Waals surface area contributed by atoms with E-state index < -0.39 is 0 Å². The fraction of sp³-hybridized carbons (Fsp3) is 0.938. The predicted molar refractivity (Wildman–Crippen MR) is 80.5 cm³/mol. The molecule has 3 rings (SSSR count). The molecule has 0 aromatic heterocycles. The molecular formula is C16H29N3O. The maximum Gasteiger partial charge on any atom is 0.225 e. The molecule has 0 aromatic rings. The minimum atomic E-state index is 0.386. The number of nitrogens with zero attached hydrogens (tertiary/aromatic N) is 2. The minimum Gasteiger partial charge on any atom is -0.342 e. The average molecular weight is 279 g/mol. The number of amides is 1. The van der Waals surface area contributed by atoms with Crippen molar-refractivity contribution in [3.8, 4) is 0 Å². The standard InChI is InChI=1S/C16H29N3O/c1-18-8-2-3-13(12-18)11-17-15-6-9-19(10-7-15)16(20)14-4-5-14/h13-15,17H,2-12H2,1H3. The number of carbonyl (C=O) groups is 1. The van der Waals surface area contributed by atoms with Gasteiger partial charge in [0, 0.05) is 31.6 Å². The largest absolute Gasteiger partial charge is 0.342 e. The predicted octanol–water partition coefficient (Wildman–Crippen LogP) is 1.32. The molecule has 20 heavy (non-hydrogen) atoms. The first-order chi connectivity index (χ1) is 9.72. The molecule has 4 heteroatoms. The summed E-state index contributed by atoms with van der Waals surface area (Å²) >= 11 is 0. The Morgan fingerprint density at radius 2 is 1.85 bits per heavy atom. The van der Waals surface area contributed by atoms with E-state index in [2.05, 4.69) is 22.2 Å². The lowest BCUT2D eigenvalue weighted by Gasteiger charge is -2.35. The summed E-state index contributed by atoms with van der Waals surface area (Å²) in [6.07, 6.45) is 7.26. The van der Waals surface area contributed by atoms with Crippen molar-refractivity contribution in [2.45, 2.75) is 44.6 Å². The number of carbonyl (C=O) groups excluding carboxylic acids is 1. The van der Waals surface area contributed by atoms with Gasteiger partial charge < -0.3 is 15.1 Å². The van der Waals surface area contributed by atoms with Crippen LogP contribution >= 0.6 is 0 Å². The molecule has 2 aliphatic heterocycles. The normalized spacial score (nSPS) is 29.6. The van der Waals surface area contributed by atoms with Gasteiger partial charge in [-0.25, -0.2) is 0 Å². The second kappa shape index (κ2) is 6.44. The molecule has 114 valence electrons. The second-order valence-electron chi connectivity index (χ2n) is 7.05. The fourth-order valence-corrected chi connectivity index (χ4v) is 3.67. The van der Waals surface area contributed by atoms with E-state index in [9.17, 15) is 4.79 Å². The Morgan fingerprint density at radius 1 is 1.10 bits per heavy atom. The molecule has 1 atom stereocenters. The van der Waals surface area contributed by atoms with Crippen molar-refractivity contribution in [3.63, 3.8) is 0 Å². The maximum atomic E-state index is 12.0. The molecule has 3 aliphatic rings. The van der Waals surface area contributed by atoms with Crippen LogP contribution in [-0.4, -0.2) is 61.5 Å². The summed E-state index contributed by atoms with van der Waals surface area (Å²) in [4.78, 5) is 16.6. The van der Waals surface area contributed by atoms with E-state index in [-0.39, 0.29) is 0 Å². The smallest absolute Gasteiger partial charge is 0.225 e. The molecule has 1 unspecified atom stereocenters. The molecule has 4 nitrogen and oxygen atoms in total. The van der Waals surface area contributed by atoms with Gasteiger partial charge in [-0.1, -0.05) is 0 Å². The first kappa shape index (κ1) is 14.3. The highest BCUT2D eigenvalue weighted by molar-refractivity contribution is 5.81. The van der Waals surface area contributed by atoms with Gasteiger partial charge in [-0.2, -0.15) is 0 Å². The van der Waals surface area contributed by atoms with Gasteiger partial charge in [-0.3, -0.25) is 4.79 Å². The summed E-state index contributed by atoms with van der Waals surface area (Å²) in [7, 11) is 2.23. The molecule has 0 spiro atoms. The Hall–Kier alpha value is -0.610. The third-order valence-corrected chi connectivity index (χ3v) is 5.15. The summed E-state index contributed by atoms with van der Waals surface area (Å²) in [6.45, 7) is 5.60. The molecule has 0 radical (unpaired) electrons. The fourth-order valence-electron chi connectivity index (χ4n) is 3.67. The van der Waals surface area contributed by atoms with Gasteiger partial charge in [0.15, 0.2) is 0 Å². The summed E-state index contributed by atoms with van der Waals surface area (Å²) < 4.78 is 0. The number of nitrogens with one attached hydrogen (secondary N) is 1. The van der Waals surface area contributed by atoms with Gasteiger partial charge in [-0.05, 0) is 64.6 Å². The Labute approximate surface area is 122 Å². The van der Waals surface area contributed by atoms with E-state index in [1.807, 2.05) is 0 Å². The van der Waals surface area contributed by atoms with Gasteiger partial charge in [0.2, 0.25) is 5.91 Å². The first-order valence-electron chi connectivity index (χ1n) is 8.43. The summed E-state index contributed by atoms with van der Waals surface area (Å²) in [5.74, 6) is 1.63. The zero-order valence-corrected chi connectivity index (χ0v) is 12.8. The molecule has 0 bridgehead atoms. The number of piperidine rings is 2. The molecule has 3 fully saturated rings. The number of hydrogen-bond acceptors (Lipinski definition) is 3. The van der Waals surface area contributed by atoms with E-state index in [1.165, 1.54) is 25.9 Å². The average Bonchev–Trinajstić information content (AvgIpc) is 3.30. The third-order valence-electron chi connectivity index (χ3n) is 5.15. The topological polar surface area (TPSA) is 35.6 Å². The lowest BCUT2D eigenvalue weighted by atomic mass is 9.97. The molecule has 1 aliphatic carbocycles. The van der Waals surface area contributed by atoms with Gasteiger partial charge >= 0.3 is 0 Å². The van der Waals surface area contributed by atoms with Crippen molar-refractivity contribution in [1.29, 1.82) is 0 Å². The molecular weight excluding hydrogens is 250 g/mol. The van der Waals surface area contributed by atoms with Gasteiger partial charge in [0.1, 0.15) is 0 Å². The lowest BCUT2D eigenvalue weighted by molar-refractivity contribution is -0.133. The van der Waals surface area contributed by atoms with Crippen molar-refractivity contribution in [3.05, 3.63) is 0 Å². The number of likely N-dealkylation sites (tertiary alicyclic amines) is 2. The van der Waals surface area contributed by atoms with Crippen LogP contribution in [-0.2, 0) is 4.79 Å². The molecule has 1 amide bonds. The molecule has 0 aromatic carbocycles. The van der Waals surface area contributed by atoms with Crippen LogP contribution in [0.2, 0.25) is 0 Å². The zero-order valence-electron chi connectivity index (χ0n) is 12.8. The van der Waals surface area contributed by atoms with Crippen LogP contribution < -0.4 is 5.32 Å². The van der Waals surface area contributed by atoms with Crippen molar-refractivity contribution in [2.24, 2.45) is 11.8 Å². The molecule has 1 N–H and O–H groups in total. The summed E-state index contributed by atoms with van der Waals surface area (Å²) in [6, 6.07) is 0.630. The molecule has 2 saturated heterocycles. The Kier molecular flexibility index (Phi) is 4.61. The first-order valence-corrected chi connectivity index (χ1v) is 8.43. The van der Waals surface area contributed by atoms with Crippen LogP contribution in [0.5, 0.6) is 0 Å². The van der Waals surface area contributed by atoms with E-state index >= 15 is 0 Å². The summed E-state index contributed by atoms with van der Waals surface area (Å²) in [5, 5.41) is 3.75. The van der Waals surface area contributed by atoms with E-state index in [4.69, 9.17) is 0 Å². The maximum absolute atomic E-state index is 12.0. The highest BCUT2D eigenvalue weighted by Crippen LogP contribution is 2.31. The minimum absolute atomic E-state index is 0.386. The van der Waals surface area contributed by atoms with Crippen LogP contribution in [0.25, 0.3) is 0 Å². The van der Waals surface area contributed by atoms with Gasteiger partial charge in [-0.15, -0.1) is 0 Å². The van der Waals surface area contributed by atoms with Gasteiger partial charge in [0.05, 0.1) is 0 Å². The van der Waals surface area contributed by atoms with Crippen molar-refractivity contribution >= 4 is 5.91 Å². The third kappa shape index (κ3) is 3.73. The highest BCUT2D eigenvalue weighted by atomic mass is 16.2. The number of hydrogen-bond donors (Lipinski definition) is 1. The monoisotopic (exact) mass is 279 g/mol. The van der Waals surface area contributed by atoms with Crippen LogP contribution in [0, 0.1) is 11.8 Å². The lowest BCUT2D eigenvalue weighted by Crippen LogP contribution is -2.47. The van der Waals surface area contributed by atoms with Crippen molar-refractivity contribution in [2.75, 3.05) is 39.8 Å².